The Morgan fingerprint density at radius 2 is 0.955 bits per heavy atom. The Hall–Kier alpha value is -5.35. The van der Waals surface area contributed by atoms with Crippen LogP contribution in [0.5, 0.6) is 0 Å². The summed E-state index contributed by atoms with van der Waals surface area (Å²) in [6.45, 7) is 7.02. The van der Waals surface area contributed by atoms with Crippen molar-refractivity contribution in [2.24, 2.45) is 5.92 Å². The molecule has 3 saturated heterocycles. The van der Waals surface area contributed by atoms with E-state index < -0.39 is 178 Å². The summed E-state index contributed by atoms with van der Waals surface area (Å²) in [5, 5.41) is 0. The van der Waals surface area contributed by atoms with Gasteiger partial charge in [0, 0.05) is 60.5 Å². The van der Waals surface area contributed by atoms with Gasteiger partial charge in [-0.2, -0.15) is 26.3 Å². The normalized spacial score (nSPS) is 28.1. The van der Waals surface area contributed by atoms with Crippen LogP contribution in [0.2, 0.25) is 0 Å². The molecule has 0 saturated carbocycles. The minimum absolute atomic E-state index is 0.108. The van der Waals surface area contributed by atoms with Gasteiger partial charge in [-0.05, 0) is 27.2 Å². The average Bonchev–Trinajstić information content (AvgIpc) is 3.38. The molecule has 3 aliphatic rings. The lowest BCUT2D eigenvalue weighted by molar-refractivity contribution is -0.361. The van der Waals surface area contributed by atoms with Crippen LogP contribution in [0.25, 0.3) is 0 Å². The number of halogens is 6. The number of urea groups is 1. The average molecular weight is 983 g/mol. The van der Waals surface area contributed by atoms with Crippen molar-refractivity contribution in [3.8, 4) is 0 Å². The second-order valence-electron chi connectivity index (χ2n) is 16.2. The molecule has 0 aromatic rings. The number of rotatable bonds is 17. The molecule has 0 spiro atoms. The quantitative estimate of drug-likeness (QED) is 0.0665. The van der Waals surface area contributed by atoms with Crippen molar-refractivity contribution < 1.29 is 122 Å². The fourth-order valence-corrected chi connectivity index (χ4v) is 7.37. The molecule has 0 aliphatic carbocycles. The van der Waals surface area contributed by atoms with Crippen molar-refractivity contribution in [1.29, 1.82) is 0 Å². The Balaban J connectivity index is 2.10. The number of hydrogen-bond donors (Lipinski definition) is 0. The Bertz CT molecular complexity index is 1840. The third-order valence-corrected chi connectivity index (χ3v) is 9.65. The Morgan fingerprint density at radius 3 is 1.37 bits per heavy atom. The summed E-state index contributed by atoms with van der Waals surface area (Å²) in [5.41, 5.74) is -1.57. The van der Waals surface area contributed by atoms with Crippen molar-refractivity contribution in [2.75, 3.05) is 26.4 Å². The van der Waals surface area contributed by atoms with Gasteiger partial charge < -0.3 is 57.0 Å². The highest BCUT2D eigenvalue weighted by molar-refractivity contribution is 6.05. The van der Waals surface area contributed by atoms with Crippen LogP contribution in [0.4, 0.5) is 31.1 Å². The van der Waals surface area contributed by atoms with E-state index in [1.54, 1.807) is 0 Å². The highest BCUT2D eigenvalue weighted by Crippen LogP contribution is 2.46. The highest BCUT2D eigenvalue weighted by atomic mass is 19.4. The zero-order chi connectivity index (χ0) is 51.1. The Labute approximate surface area is 378 Å². The molecule has 3 heterocycles. The molecule has 3 aliphatic heterocycles. The molecule has 3 rings (SSSR count). The van der Waals surface area contributed by atoms with E-state index >= 15 is 0 Å². The summed E-state index contributed by atoms with van der Waals surface area (Å²) in [4.78, 5) is 113. The number of carbonyl (C=O) groups excluding carboxylic acids is 9. The summed E-state index contributed by atoms with van der Waals surface area (Å²) in [7, 11) is 0. The maximum atomic E-state index is 14.0. The number of esters is 7. The largest absolute Gasteiger partial charge is 0.463 e. The SMILES string of the molecule is CC(=O)OC[C@H]1O[C@@H](O[C@H]2[C@H](OC(C)=O)[C@@H](OC(C)=O)[C@H](OCCCN3C(=O)N(C(C)(C)C)C(=O)C3C(C(F)(F)F)C(F)(F)F)O[C@@H]2COC(C)=O)[C@H](OC(C)=O)[C@@H](OC(C)=O)[C@H]1OC(C)=O. The predicted molar refractivity (Wildman–Crippen MR) is 202 cm³/mol. The lowest BCUT2D eigenvalue weighted by atomic mass is 9.95. The summed E-state index contributed by atoms with van der Waals surface area (Å²) >= 11 is 0. The van der Waals surface area contributed by atoms with Crippen molar-refractivity contribution >= 4 is 53.7 Å². The fraction of sp³-hybridized carbons (Fsp3) is 0.769. The summed E-state index contributed by atoms with van der Waals surface area (Å²) in [6, 6.07) is -4.53. The smallest absolute Gasteiger partial charge is 0.403 e. The number of imide groups is 1. The first kappa shape index (κ1) is 56.0. The highest BCUT2D eigenvalue weighted by Gasteiger charge is 2.68. The van der Waals surface area contributed by atoms with Gasteiger partial charge in [-0.25, -0.2) is 4.79 Å². The third kappa shape index (κ3) is 15.1. The molecule has 3 fully saturated rings. The number of alkyl halides is 6. The summed E-state index contributed by atoms with van der Waals surface area (Å²) in [6.07, 6.45) is -31.0. The second kappa shape index (κ2) is 22.6. The van der Waals surface area contributed by atoms with Gasteiger partial charge >= 0.3 is 60.2 Å². The van der Waals surface area contributed by atoms with Crippen molar-refractivity contribution in [2.45, 2.75) is 161 Å². The summed E-state index contributed by atoms with van der Waals surface area (Å²) < 4.78 is 145. The van der Waals surface area contributed by atoms with Gasteiger partial charge in [-0.15, -0.1) is 0 Å². The topological polar surface area (TPSA) is 262 Å². The number of ether oxygens (including phenoxy) is 11. The second-order valence-corrected chi connectivity index (χ2v) is 16.2. The molecule has 3 amide bonds. The molecule has 380 valence electrons. The van der Waals surface area contributed by atoms with Gasteiger partial charge in [0.25, 0.3) is 5.91 Å². The number of hydrogen-bond acceptors (Lipinski definition) is 20. The predicted octanol–water partition coefficient (Wildman–Crippen LogP) is 2.18. The first-order chi connectivity index (χ1) is 30.8. The van der Waals surface area contributed by atoms with E-state index in [2.05, 4.69) is 0 Å². The van der Waals surface area contributed by atoms with E-state index in [-0.39, 0.29) is 9.80 Å². The fourth-order valence-electron chi connectivity index (χ4n) is 7.37. The number of nitrogens with zero attached hydrogens (tertiary/aromatic N) is 2. The Kier molecular flexibility index (Phi) is 18.9. The van der Waals surface area contributed by atoms with Crippen molar-refractivity contribution in [1.82, 2.24) is 9.80 Å². The zero-order valence-corrected chi connectivity index (χ0v) is 37.8. The maximum Gasteiger partial charge on any atom is 0.403 e. The Morgan fingerprint density at radius 1 is 0.567 bits per heavy atom. The minimum atomic E-state index is -6.04. The van der Waals surface area contributed by atoms with E-state index in [0.29, 0.717) is 0 Å². The van der Waals surface area contributed by atoms with Gasteiger partial charge in [0.15, 0.2) is 49.0 Å². The van der Waals surface area contributed by atoms with E-state index in [4.69, 9.17) is 52.1 Å². The van der Waals surface area contributed by atoms with Gasteiger partial charge in [0.1, 0.15) is 37.6 Å². The molecule has 0 aromatic heterocycles. The first-order valence-electron chi connectivity index (χ1n) is 20.2. The van der Waals surface area contributed by atoms with Crippen LogP contribution in [-0.4, -0.2) is 175 Å². The van der Waals surface area contributed by atoms with Crippen LogP contribution in [0.15, 0.2) is 0 Å². The van der Waals surface area contributed by atoms with E-state index in [1.165, 1.54) is 20.8 Å². The molecular weight excluding hydrogens is 930 g/mol. The molecule has 0 N–H and O–H groups in total. The van der Waals surface area contributed by atoms with Gasteiger partial charge in [0.05, 0.1) is 6.61 Å². The molecule has 0 bridgehead atoms. The maximum absolute atomic E-state index is 14.0. The molecule has 22 nitrogen and oxygen atoms in total. The molecule has 0 aromatic carbocycles. The number of amides is 3. The van der Waals surface area contributed by atoms with Gasteiger partial charge in [0.2, 0.25) is 0 Å². The van der Waals surface area contributed by atoms with Gasteiger partial charge in [-0.3, -0.25) is 43.3 Å². The molecule has 1 unspecified atom stereocenters. The third-order valence-electron chi connectivity index (χ3n) is 9.65. The standard InChI is InChI=1S/C39H52F6N2O20/c1-16(48)58-14-23-26(60-18(3)50)28(61-19(4)51)31(64-22(7)54)35(66-23)67-27-24(15-59-17(2)49)65-34(30(63-21(6)53)29(27)62-20(5)52)57-13-11-12-46-25(32(38(40,41)42)39(43,44)45)33(55)47(36(46)56)37(8,9)10/h23-32,34-35H,11-15H2,1-10H3/t23-,24-,25?,26+,27-,28+,29+,30-,31-,34-,35+/m1/s1. The minimum Gasteiger partial charge on any atom is -0.463 e. The summed E-state index contributed by atoms with van der Waals surface area (Å²) in [5.74, 6) is -13.1. The van der Waals surface area contributed by atoms with E-state index in [1.807, 2.05) is 0 Å². The molecule has 28 heteroatoms. The van der Waals surface area contributed by atoms with Crippen LogP contribution < -0.4 is 0 Å². The zero-order valence-electron chi connectivity index (χ0n) is 37.8. The van der Waals surface area contributed by atoms with Crippen LogP contribution in [0.3, 0.4) is 0 Å². The first-order valence-corrected chi connectivity index (χ1v) is 20.2. The van der Waals surface area contributed by atoms with Crippen molar-refractivity contribution in [3.63, 3.8) is 0 Å². The van der Waals surface area contributed by atoms with E-state index in [0.717, 1.165) is 48.5 Å². The molecule has 11 atom stereocenters. The lowest BCUT2D eigenvalue weighted by Gasteiger charge is -2.48. The van der Waals surface area contributed by atoms with Crippen LogP contribution in [0.1, 0.15) is 75.7 Å². The molecule has 67 heavy (non-hydrogen) atoms. The van der Waals surface area contributed by atoms with E-state index in [9.17, 15) is 69.5 Å². The number of carbonyl (C=O) groups is 9. The molecular formula is C39H52F6N2O20. The van der Waals surface area contributed by atoms with Crippen molar-refractivity contribution in [3.05, 3.63) is 0 Å². The van der Waals surface area contributed by atoms with Gasteiger partial charge in [-0.1, -0.05) is 0 Å². The van der Waals surface area contributed by atoms with Crippen LogP contribution >= 0.6 is 0 Å². The van der Waals surface area contributed by atoms with Crippen LogP contribution in [0, 0.1) is 5.92 Å². The monoisotopic (exact) mass is 982 g/mol. The lowest BCUT2D eigenvalue weighted by Crippen LogP contribution is -2.67. The molecule has 0 radical (unpaired) electrons. The van der Waals surface area contributed by atoms with Crippen LogP contribution in [-0.2, 0) is 90.5 Å².